The number of hydrogen-bond acceptors (Lipinski definition) is 2. The van der Waals surface area contributed by atoms with Crippen molar-refractivity contribution < 1.29 is 13.2 Å². The first-order chi connectivity index (χ1) is 9.34. The van der Waals surface area contributed by atoms with E-state index in [-0.39, 0.29) is 12.6 Å². The summed E-state index contributed by atoms with van der Waals surface area (Å²) in [6, 6.07) is 5.40. The highest BCUT2D eigenvalue weighted by Gasteiger charge is 2.38. The maximum atomic E-state index is 13.1. The second-order valence-corrected chi connectivity index (χ2v) is 5.74. The average molecular weight is 286 g/mol. The van der Waals surface area contributed by atoms with Gasteiger partial charge in [-0.15, -0.1) is 0 Å². The fourth-order valence-corrected chi connectivity index (χ4v) is 2.95. The van der Waals surface area contributed by atoms with Gasteiger partial charge in [0.25, 0.3) is 0 Å². The van der Waals surface area contributed by atoms with Crippen LogP contribution in [0.3, 0.4) is 0 Å². The van der Waals surface area contributed by atoms with Crippen LogP contribution >= 0.6 is 0 Å². The topological polar surface area (TPSA) is 29.3 Å². The molecule has 2 nitrogen and oxygen atoms in total. The lowest BCUT2D eigenvalue weighted by Crippen LogP contribution is -2.33. The van der Waals surface area contributed by atoms with E-state index in [2.05, 4.69) is 18.7 Å². The fraction of sp³-hybridized carbons (Fsp3) is 0.600. The number of halogens is 3. The molecule has 0 aliphatic carbocycles. The SMILES string of the molecule is CC1CN(C(CN)c2ccccc2C(F)(F)F)CC1C. The molecule has 2 rings (SSSR count). The van der Waals surface area contributed by atoms with E-state index in [1.807, 2.05) is 0 Å². The summed E-state index contributed by atoms with van der Waals surface area (Å²) < 4.78 is 39.4. The zero-order chi connectivity index (χ0) is 14.9. The third kappa shape index (κ3) is 2.99. The van der Waals surface area contributed by atoms with Crippen LogP contribution in [0.2, 0.25) is 0 Å². The Hall–Kier alpha value is -1.07. The quantitative estimate of drug-likeness (QED) is 0.924. The van der Waals surface area contributed by atoms with E-state index in [9.17, 15) is 13.2 Å². The molecule has 20 heavy (non-hydrogen) atoms. The highest BCUT2D eigenvalue weighted by Crippen LogP contribution is 2.38. The average Bonchev–Trinajstić information content (AvgIpc) is 2.70. The lowest BCUT2D eigenvalue weighted by Gasteiger charge is -2.29. The number of rotatable bonds is 3. The number of nitrogens with zero attached hydrogens (tertiary/aromatic N) is 1. The predicted octanol–water partition coefficient (Wildman–Crippen LogP) is 3.29. The van der Waals surface area contributed by atoms with Crippen molar-refractivity contribution in [3.63, 3.8) is 0 Å². The molecule has 3 atom stereocenters. The maximum Gasteiger partial charge on any atom is 0.416 e. The molecule has 1 aliphatic rings. The van der Waals surface area contributed by atoms with Crippen LogP contribution in [0.5, 0.6) is 0 Å². The van der Waals surface area contributed by atoms with E-state index in [1.165, 1.54) is 6.07 Å². The first-order valence-corrected chi connectivity index (χ1v) is 6.94. The normalized spacial score (nSPS) is 25.9. The minimum Gasteiger partial charge on any atom is -0.329 e. The van der Waals surface area contributed by atoms with E-state index in [0.717, 1.165) is 19.2 Å². The standard InChI is InChI=1S/C15H21F3N2/c1-10-8-20(9-11(10)2)14(7-19)12-5-3-4-6-13(12)15(16,17)18/h3-6,10-11,14H,7-9,19H2,1-2H3. The van der Waals surface area contributed by atoms with Crippen LogP contribution in [-0.4, -0.2) is 24.5 Å². The maximum absolute atomic E-state index is 13.1. The zero-order valence-corrected chi connectivity index (χ0v) is 11.8. The first-order valence-electron chi connectivity index (χ1n) is 6.94. The number of alkyl halides is 3. The van der Waals surface area contributed by atoms with Gasteiger partial charge < -0.3 is 5.73 Å². The van der Waals surface area contributed by atoms with Gasteiger partial charge in [-0.05, 0) is 23.5 Å². The molecule has 0 spiro atoms. The molecule has 1 aromatic rings. The zero-order valence-electron chi connectivity index (χ0n) is 11.8. The molecule has 2 N–H and O–H groups in total. The van der Waals surface area contributed by atoms with Gasteiger partial charge in [0.05, 0.1) is 5.56 Å². The number of likely N-dealkylation sites (tertiary alicyclic amines) is 1. The van der Waals surface area contributed by atoms with Crippen LogP contribution < -0.4 is 5.73 Å². The van der Waals surface area contributed by atoms with Gasteiger partial charge >= 0.3 is 6.18 Å². The first kappa shape index (κ1) is 15.3. The summed E-state index contributed by atoms with van der Waals surface area (Å²) in [5, 5.41) is 0. The molecule has 0 aromatic heterocycles. The lowest BCUT2D eigenvalue weighted by atomic mass is 9.98. The Morgan fingerprint density at radius 1 is 1.20 bits per heavy atom. The summed E-state index contributed by atoms with van der Waals surface area (Å²) >= 11 is 0. The fourth-order valence-electron chi connectivity index (χ4n) is 2.95. The van der Waals surface area contributed by atoms with Crippen LogP contribution in [0.15, 0.2) is 24.3 Å². The van der Waals surface area contributed by atoms with Crippen molar-refractivity contribution in [3.8, 4) is 0 Å². The van der Waals surface area contributed by atoms with Crippen molar-refractivity contribution in [1.82, 2.24) is 4.90 Å². The summed E-state index contributed by atoms with van der Waals surface area (Å²) in [6.45, 7) is 6.07. The molecule has 0 bridgehead atoms. The molecule has 112 valence electrons. The monoisotopic (exact) mass is 286 g/mol. The van der Waals surface area contributed by atoms with Gasteiger partial charge in [-0.3, -0.25) is 4.90 Å². The van der Waals surface area contributed by atoms with Crippen LogP contribution in [0.25, 0.3) is 0 Å². The minimum atomic E-state index is -4.33. The molecular weight excluding hydrogens is 265 g/mol. The van der Waals surface area contributed by atoms with Gasteiger partial charge in [-0.1, -0.05) is 32.0 Å². The van der Waals surface area contributed by atoms with Crippen molar-refractivity contribution >= 4 is 0 Å². The third-order valence-corrected chi connectivity index (χ3v) is 4.31. The minimum absolute atomic E-state index is 0.201. The highest BCUT2D eigenvalue weighted by atomic mass is 19.4. The van der Waals surface area contributed by atoms with Crippen LogP contribution in [-0.2, 0) is 6.18 Å². The van der Waals surface area contributed by atoms with Gasteiger partial charge in [0, 0.05) is 25.7 Å². The molecule has 0 radical (unpaired) electrons. The number of nitrogens with two attached hydrogens (primary N) is 1. The van der Waals surface area contributed by atoms with Crippen molar-refractivity contribution in [2.75, 3.05) is 19.6 Å². The van der Waals surface area contributed by atoms with Crippen molar-refractivity contribution in [2.45, 2.75) is 26.1 Å². The third-order valence-electron chi connectivity index (χ3n) is 4.31. The Morgan fingerprint density at radius 2 is 1.75 bits per heavy atom. The Morgan fingerprint density at radius 3 is 2.25 bits per heavy atom. The summed E-state index contributed by atoms with van der Waals surface area (Å²) in [4.78, 5) is 2.08. The second-order valence-electron chi connectivity index (χ2n) is 5.74. The molecule has 1 aliphatic heterocycles. The summed E-state index contributed by atoms with van der Waals surface area (Å²) in [5.74, 6) is 0.976. The molecular formula is C15H21F3N2. The molecule has 3 unspecified atom stereocenters. The van der Waals surface area contributed by atoms with Crippen molar-refractivity contribution in [1.29, 1.82) is 0 Å². The van der Waals surface area contributed by atoms with Gasteiger partial charge in [-0.2, -0.15) is 13.2 Å². The van der Waals surface area contributed by atoms with Gasteiger partial charge in [0.1, 0.15) is 0 Å². The van der Waals surface area contributed by atoms with Crippen molar-refractivity contribution in [2.24, 2.45) is 17.6 Å². The molecule has 1 fully saturated rings. The largest absolute Gasteiger partial charge is 0.416 e. The Kier molecular flexibility index (Phi) is 4.39. The van der Waals surface area contributed by atoms with E-state index < -0.39 is 11.7 Å². The number of benzene rings is 1. The van der Waals surface area contributed by atoms with Crippen molar-refractivity contribution in [3.05, 3.63) is 35.4 Å². The second kappa shape index (κ2) is 5.74. The van der Waals surface area contributed by atoms with Gasteiger partial charge in [0.2, 0.25) is 0 Å². The van der Waals surface area contributed by atoms with E-state index in [1.54, 1.807) is 12.1 Å². The summed E-state index contributed by atoms with van der Waals surface area (Å²) in [7, 11) is 0. The van der Waals surface area contributed by atoms with E-state index in [0.29, 0.717) is 17.4 Å². The Labute approximate surface area is 117 Å². The van der Waals surface area contributed by atoms with Crippen LogP contribution in [0, 0.1) is 11.8 Å². The summed E-state index contributed by atoms with van der Waals surface area (Å²) in [5.41, 5.74) is 5.51. The molecule has 0 saturated carbocycles. The molecule has 1 saturated heterocycles. The molecule has 5 heteroatoms. The van der Waals surface area contributed by atoms with E-state index >= 15 is 0 Å². The van der Waals surface area contributed by atoms with Crippen LogP contribution in [0.4, 0.5) is 13.2 Å². The van der Waals surface area contributed by atoms with Gasteiger partial charge in [0.15, 0.2) is 0 Å². The summed E-state index contributed by atoms with van der Waals surface area (Å²) in [6.07, 6.45) is -4.33. The van der Waals surface area contributed by atoms with Gasteiger partial charge in [-0.25, -0.2) is 0 Å². The molecule has 1 aromatic carbocycles. The lowest BCUT2D eigenvalue weighted by molar-refractivity contribution is -0.138. The Bertz CT molecular complexity index is 449. The Balaban J connectivity index is 2.33. The predicted molar refractivity (Wildman–Crippen MR) is 73.1 cm³/mol. The molecule has 0 amide bonds. The molecule has 1 heterocycles. The highest BCUT2D eigenvalue weighted by molar-refractivity contribution is 5.33. The van der Waals surface area contributed by atoms with E-state index in [4.69, 9.17) is 5.73 Å². The number of hydrogen-bond donors (Lipinski definition) is 1. The smallest absolute Gasteiger partial charge is 0.329 e. The van der Waals surface area contributed by atoms with Crippen LogP contribution in [0.1, 0.15) is 31.0 Å².